The van der Waals surface area contributed by atoms with Crippen LogP contribution in [0.4, 0.5) is 5.00 Å². The molecule has 10 heteroatoms. The van der Waals surface area contributed by atoms with E-state index in [2.05, 4.69) is 10.6 Å². The highest BCUT2D eigenvalue weighted by Crippen LogP contribution is 2.39. The minimum atomic E-state index is -0.457. The van der Waals surface area contributed by atoms with Crippen LogP contribution in [-0.2, 0) is 17.6 Å². The van der Waals surface area contributed by atoms with Gasteiger partial charge in [-0.25, -0.2) is 4.79 Å². The average molecular weight is 493 g/mol. The first kappa shape index (κ1) is 24.8. The highest BCUT2D eigenvalue weighted by molar-refractivity contribution is 7.80. The summed E-state index contributed by atoms with van der Waals surface area (Å²) in [6, 6.07) is 3.08. The zero-order valence-electron chi connectivity index (χ0n) is 19.2. The van der Waals surface area contributed by atoms with Gasteiger partial charge >= 0.3 is 5.97 Å². The minimum Gasteiger partial charge on any atom is -0.493 e. The van der Waals surface area contributed by atoms with E-state index in [0.29, 0.717) is 27.8 Å². The third-order valence-corrected chi connectivity index (χ3v) is 6.85. The summed E-state index contributed by atoms with van der Waals surface area (Å²) in [5, 5.41) is 6.36. The lowest BCUT2D eigenvalue weighted by Gasteiger charge is -2.14. The number of rotatable bonds is 6. The van der Waals surface area contributed by atoms with E-state index in [4.69, 9.17) is 31.2 Å². The number of benzene rings is 1. The van der Waals surface area contributed by atoms with Crippen LogP contribution >= 0.6 is 23.6 Å². The highest BCUT2D eigenvalue weighted by atomic mass is 32.1. The molecule has 8 nitrogen and oxygen atoms in total. The number of anilines is 1. The van der Waals surface area contributed by atoms with Crippen molar-refractivity contribution in [1.29, 1.82) is 0 Å². The highest BCUT2D eigenvalue weighted by Gasteiger charge is 2.26. The first-order valence-electron chi connectivity index (χ1n) is 10.6. The molecule has 1 heterocycles. The van der Waals surface area contributed by atoms with E-state index < -0.39 is 11.9 Å². The van der Waals surface area contributed by atoms with Crippen LogP contribution in [0.1, 0.15) is 56.8 Å². The van der Waals surface area contributed by atoms with Gasteiger partial charge in [-0.2, -0.15) is 0 Å². The third kappa shape index (κ3) is 5.56. The molecule has 0 spiro atoms. The number of amides is 1. The second-order valence-corrected chi connectivity index (χ2v) is 8.95. The molecule has 1 aromatic carbocycles. The summed E-state index contributed by atoms with van der Waals surface area (Å²) < 4.78 is 20.9. The van der Waals surface area contributed by atoms with Crippen LogP contribution in [0.3, 0.4) is 0 Å². The van der Waals surface area contributed by atoms with Gasteiger partial charge < -0.3 is 24.3 Å². The number of carbonyl (C=O) groups excluding carboxylic acids is 2. The summed E-state index contributed by atoms with van der Waals surface area (Å²) in [5.41, 5.74) is 1.80. The Morgan fingerprint density at radius 3 is 2.15 bits per heavy atom. The maximum absolute atomic E-state index is 12.9. The van der Waals surface area contributed by atoms with Crippen LogP contribution in [0.5, 0.6) is 17.2 Å². The fourth-order valence-electron chi connectivity index (χ4n) is 3.85. The maximum atomic E-state index is 12.9. The van der Waals surface area contributed by atoms with Crippen LogP contribution < -0.4 is 24.8 Å². The molecule has 1 aromatic heterocycles. The Kier molecular flexibility index (Phi) is 8.51. The summed E-state index contributed by atoms with van der Waals surface area (Å²) >= 11 is 6.87. The van der Waals surface area contributed by atoms with E-state index >= 15 is 0 Å². The number of esters is 1. The van der Waals surface area contributed by atoms with Crippen molar-refractivity contribution in [1.82, 2.24) is 5.32 Å². The molecule has 0 saturated heterocycles. The first-order valence-corrected chi connectivity index (χ1v) is 11.8. The largest absolute Gasteiger partial charge is 0.493 e. The van der Waals surface area contributed by atoms with Crippen molar-refractivity contribution in [2.75, 3.05) is 33.8 Å². The summed E-state index contributed by atoms with van der Waals surface area (Å²) in [7, 11) is 5.80. The van der Waals surface area contributed by atoms with E-state index in [1.165, 1.54) is 58.3 Å². The Balaban J connectivity index is 1.83. The van der Waals surface area contributed by atoms with Gasteiger partial charge in [0.2, 0.25) is 5.75 Å². The molecule has 0 fully saturated rings. The molecule has 0 atom stereocenters. The van der Waals surface area contributed by atoms with Crippen LogP contribution in [0.15, 0.2) is 12.1 Å². The lowest BCUT2D eigenvalue weighted by atomic mass is 9.96. The van der Waals surface area contributed by atoms with Crippen molar-refractivity contribution in [3.63, 3.8) is 0 Å². The summed E-state index contributed by atoms with van der Waals surface area (Å²) in [6.45, 7) is 0. The predicted octanol–water partition coefficient (Wildman–Crippen LogP) is 4.35. The number of thiocarbonyl (C=S) groups is 1. The summed E-state index contributed by atoms with van der Waals surface area (Å²) in [6.07, 6.45) is 6.16. The predicted molar refractivity (Wildman–Crippen MR) is 131 cm³/mol. The molecule has 0 unspecified atom stereocenters. The number of fused-ring (bicyclic) bond motifs is 1. The van der Waals surface area contributed by atoms with Gasteiger partial charge in [-0.05, 0) is 55.6 Å². The van der Waals surface area contributed by atoms with Gasteiger partial charge in [0.15, 0.2) is 16.6 Å². The number of carbonyl (C=O) groups is 2. The van der Waals surface area contributed by atoms with E-state index in [9.17, 15) is 9.59 Å². The maximum Gasteiger partial charge on any atom is 0.341 e. The zero-order chi connectivity index (χ0) is 24.0. The Hall–Kier alpha value is -2.85. The summed E-state index contributed by atoms with van der Waals surface area (Å²) in [4.78, 5) is 26.6. The molecular weight excluding hydrogens is 464 g/mol. The Labute approximate surface area is 202 Å². The Bertz CT molecular complexity index is 1020. The van der Waals surface area contributed by atoms with Gasteiger partial charge in [0.05, 0.1) is 34.0 Å². The first-order chi connectivity index (χ1) is 15.9. The molecule has 0 bridgehead atoms. The standard InChI is InChI=1S/C23H28N2O6S2/c1-28-15-11-13(12-16(29-2)19(15)30-3)20(26)24-23(32)25-21-18(22(27)31-4)14-9-7-5-6-8-10-17(14)33-21/h11-12H,5-10H2,1-4H3,(H2,24,25,26,32). The third-order valence-electron chi connectivity index (χ3n) is 5.44. The normalized spacial score (nSPS) is 13.1. The van der Waals surface area contributed by atoms with Gasteiger partial charge in [0, 0.05) is 10.4 Å². The molecule has 3 rings (SSSR count). The molecule has 2 N–H and O–H groups in total. The van der Waals surface area contributed by atoms with Gasteiger partial charge in [-0.1, -0.05) is 12.8 Å². The van der Waals surface area contributed by atoms with Gasteiger partial charge in [-0.3, -0.25) is 10.1 Å². The smallest absolute Gasteiger partial charge is 0.341 e. The van der Waals surface area contributed by atoms with Gasteiger partial charge in [-0.15, -0.1) is 11.3 Å². The molecule has 2 aromatic rings. The lowest BCUT2D eigenvalue weighted by molar-refractivity contribution is 0.0601. The molecule has 1 aliphatic rings. The van der Waals surface area contributed by atoms with E-state index in [-0.39, 0.29) is 10.7 Å². The van der Waals surface area contributed by atoms with Crippen molar-refractivity contribution in [2.24, 2.45) is 0 Å². The quantitative estimate of drug-likeness (QED) is 0.454. The number of ether oxygens (including phenoxy) is 4. The number of nitrogens with one attached hydrogen (secondary N) is 2. The topological polar surface area (TPSA) is 95.1 Å². The number of methoxy groups -OCH3 is 4. The van der Waals surface area contributed by atoms with Crippen molar-refractivity contribution in [2.45, 2.75) is 38.5 Å². The number of thiophene rings is 1. The minimum absolute atomic E-state index is 0.0770. The molecule has 178 valence electrons. The molecular formula is C23H28N2O6S2. The van der Waals surface area contributed by atoms with Crippen molar-refractivity contribution in [3.8, 4) is 17.2 Å². The Morgan fingerprint density at radius 2 is 1.58 bits per heavy atom. The van der Waals surface area contributed by atoms with Crippen molar-refractivity contribution < 1.29 is 28.5 Å². The van der Waals surface area contributed by atoms with Crippen LogP contribution in [0.25, 0.3) is 0 Å². The second-order valence-electron chi connectivity index (χ2n) is 7.44. The van der Waals surface area contributed by atoms with Crippen LogP contribution in [0.2, 0.25) is 0 Å². The second kappa shape index (κ2) is 11.3. The molecule has 1 aliphatic carbocycles. The van der Waals surface area contributed by atoms with E-state index in [0.717, 1.165) is 42.5 Å². The molecule has 0 aliphatic heterocycles. The van der Waals surface area contributed by atoms with Gasteiger partial charge in [0.1, 0.15) is 5.00 Å². The molecule has 33 heavy (non-hydrogen) atoms. The Morgan fingerprint density at radius 1 is 0.939 bits per heavy atom. The molecule has 0 saturated carbocycles. The van der Waals surface area contributed by atoms with Crippen molar-refractivity contribution in [3.05, 3.63) is 33.7 Å². The fraction of sp³-hybridized carbons (Fsp3) is 0.435. The SMILES string of the molecule is COC(=O)c1c(NC(=S)NC(=O)c2cc(OC)c(OC)c(OC)c2)sc2c1CCCCCC2. The molecule has 0 radical (unpaired) electrons. The van der Waals surface area contributed by atoms with Crippen molar-refractivity contribution >= 4 is 45.5 Å². The summed E-state index contributed by atoms with van der Waals surface area (Å²) in [5.74, 6) is 0.227. The van der Waals surface area contributed by atoms with E-state index in [1.807, 2.05) is 0 Å². The monoisotopic (exact) mass is 492 g/mol. The number of aryl methyl sites for hydroxylation is 1. The average Bonchev–Trinajstić information content (AvgIpc) is 3.12. The van der Waals surface area contributed by atoms with E-state index in [1.54, 1.807) is 0 Å². The lowest BCUT2D eigenvalue weighted by Crippen LogP contribution is -2.34. The molecule has 1 amide bonds. The van der Waals surface area contributed by atoms with Gasteiger partial charge in [0.25, 0.3) is 5.91 Å². The number of hydrogen-bond donors (Lipinski definition) is 2. The number of hydrogen-bond acceptors (Lipinski definition) is 8. The fourth-order valence-corrected chi connectivity index (χ4v) is 5.39. The van der Waals surface area contributed by atoms with Crippen LogP contribution in [-0.4, -0.2) is 45.4 Å². The van der Waals surface area contributed by atoms with Crippen LogP contribution in [0, 0.1) is 0 Å². The zero-order valence-corrected chi connectivity index (χ0v) is 20.8.